The summed E-state index contributed by atoms with van der Waals surface area (Å²) in [6.45, 7) is 3.76. The van der Waals surface area contributed by atoms with Gasteiger partial charge in [0.2, 0.25) is 0 Å². The van der Waals surface area contributed by atoms with Gasteiger partial charge in [-0.25, -0.2) is 9.37 Å². The van der Waals surface area contributed by atoms with Crippen molar-refractivity contribution >= 4 is 28.4 Å². The number of primary amides is 1. The summed E-state index contributed by atoms with van der Waals surface area (Å²) in [5.74, 6) is -1.92. The van der Waals surface area contributed by atoms with Crippen LogP contribution in [0.2, 0.25) is 0 Å². The number of amides is 2. The fraction of sp³-hybridized carbons (Fsp3) is 0.130. The van der Waals surface area contributed by atoms with E-state index in [0.29, 0.717) is 33.7 Å². The highest BCUT2D eigenvalue weighted by Gasteiger charge is 2.20. The van der Waals surface area contributed by atoms with Gasteiger partial charge in [-0.2, -0.15) is 10.4 Å². The molecule has 0 aliphatic heterocycles. The summed E-state index contributed by atoms with van der Waals surface area (Å²) in [5, 5.41) is 17.0. The van der Waals surface area contributed by atoms with E-state index in [-0.39, 0.29) is 23.3 Å². The number of hydrogen-bond acceptors (Lipinski definition) is 6. The monoisotopic (exact) mass is 443 g/mol. The first kappa shape index (κ1) is 21.6. The number of nitrogens with two attached hydrogens (primary N) is 1. The van der Waals surface area contributed by atoms with Gasteiger partial charge < -0.3 is 11.1 Å². The van der Waals surface area contributed by atoms with Crippen LogP contribution < -0.4 is 11.1 Å². The Bertz CT molecular complexity index is 1470. The third kappa shape index (κ3) is 4.12. The summed E-state index contributed by atoms with van der Waals surface area (Å²) in [6, 6.07) is 10.5. The van der Waals surface area contributed by atoms with Gasteiger partial charge in [-0.1, -0.05) is 0 Å². The number of nitrogens with one attached hydrogen (secondary N) is 1. The van der Waals surface area contributed by atoms with E-state index < -0.39 is 17.6 Å². The summed E-state index contributed by atoms with van der Waals surface area (Å²) in [6.07, 6.45) is 1.60. The Kier molecular flexibility index (Phi) is 5.54. The number of rotatable bonds is 5. The molecule has 3 heterocycles. The van der Waals surface area contributed by atoms with Crippen molar-refractivity contribution in [2.45, 2.75) is 20.4 Å². The van der Waals surface area contributed by atoms with Crippen LogP contribution in [0.5, 0.6) is 0 Å². The molecule has 0 spiro atoms. The molecule has 0 saturated heterocycles. The van der Waals surface area contributed by atoms with Crippen molar-refractivity contribution in [2.24, 2.45) is 5.73 Å². The number of aromatic nitrogens is 4. The van der Waals surface area contributed by atoms with E-state index in [2.05, 4.69) is 26.5 Å². The van der Waals surface area contributed by atoms with Crippen molar-refractivity contribution in [1.29, 1.82) is 5.26 Å². The molecule has 1 aromatic carbocycles. The molecule has 3 aromatic heterocycles. The number of hydrogen-bond donors (Lipinski definition) is 2. The van der Waals surface area contributed by atoms with Gasteiger partial charge in [0.25, 0.3) is 11.8 Å². The smallest absolute Gasteiger partial charge is 0.267 e. The molecule has 0 atom stereocenters. The Morgan fingerprint density at radius 2 is 2.03 bits per heavy atom. The van der Waals surface area contributed by atoms with Crippen LogP contribution in [0, 0.1) is 31.0 Å². The largest absolute Gasteiger partial charge is 0.364 e. The molecule has 4 rings (SSSR count). The maximum Gasteiger partial charge on any atom is 0.267 e. The standard InChI is InChI=1S/C23H18FN7O2/c1-12-21(13(2)31(30-12)11-20-14(10-25)4-3-7-27-20)29-23(33)17-9-19(22(26)32)28-18-8-15(24)5-6-16(17)18/h3-9H,11H2,1-2H3,(H2,26,32)(H,29,33). The van der Waals surface area contributed by atoms with Gasteiger partial charge in [0.15, 0.2) is 0 Å². The molecule has 0 bridgehead atoms. The second-order valence-corrected chi connectivity index (χ2v) is 7.35. The maximum absolute atomic E-state index is 13.7. The van der Waals surface area contributed by atoms with Gasteiger partial charge in [-0.15, -0.1) is 0 Å². The van der Waals surface area contributed by atoms with Crippen molar-refractivity contribution in [2.75, 3.05) is 5.32 Å². The van der Waals surface area contributed by atoms with Gasteiger partial charge in [0.05, 0.1) is 46.0 Å². The Balaban J connectivity index is 1.71. The third-order valence-electron chi connectivity index (χ3n) is 5.20. The van der Waals surface area contributed by atoms with Crippen molar-refractivity contribution < 1.29 is 14.0 Å². The number of carbonyl (C=O) groups excluding carboxylic acids is 2. The predicted molar refractivity (Wildman–Crippen MR) is 118 cm³/mol. The highest BCUT2D eigenvalue weighted by Crippen LogP contribution is 2.25. The highest BCUT2D eigenvalue weighted by atomic mass is 19.1. The minimum absolute atomic E-state index is 0.122. The van der Waals surface area contributed by atoms with Crippen LogP contribution in [0.3, 0.4) is 0 Å². The second-order valence-electron chi connectivity index (χ2n) is 7.35. The van der Waals surface area contributed by atoms with E-state index in [0.717, 1.165) is 6.07 Å². The molecule has 9 nitrogen and oxygen atoms in total. The number of anilines is 1. The SMILES string of the molecule is Cc1nn(Cc2ncccc2C#N)c(C)c1NC(=O)c1cc(C(N)=O)nc2cc(F)ccc12. The van der Waals surface area contributed by atoms with Crippen LogP contribution in [-0.2, 0) is 6.54 Å². The quantitative estimate of drug-likeness (QED) is 0.486. The summed E-state index contributed by atoms with van der Waals surface area (Å²) >= 11 is 0. The lowest BCUT2D eigenvalue weighted by Gasteiger charge is -2.10. The number of nitriles is 1. The minimum atomic E-state index is -0.834. The molecule has 2 amide bonds. The molecular weight excluding hydrogens is 425 g/mol. The molecule has 164 valence electrons. The molecule has 0 saturated carbocycles. The van der Waals surface area contributed by atoms with Crippen molar-refractivity contribution in [3.63, 3.8) is 0 Å². The van der Waals surface area contributed by atoms with Gasteiger partial charge in [0.1, 0.15) is 17.6 Å². The molecule has 0 fully saturated rings. The minimum Gasteiger partial charge on any atom is -0.364 e. The molecule has 0 aliphatic rings. The van der Waals surface area contributed by atoms with Gasteiger partial charge in [-0.05, 0) is 44.2 Å². The molecule has 0 aliphatic carbocycles. The van der Waals surface area contributed by atoms with Crippen LogP contribution in [0.25, 0.3) is 10.9 Å². The lowest BCUT2D eigenvalue weighted by atomic mass is 10.1. The number of carbonyl (C=O) groups is 2. The first-order chi connectivity index (χ1) is 15.8. The van der Waals surface area contributed by atoms with E-state index in [4.69, 9.17) is 5.73 Å². The number of aryl methyl sites for hydroxylation is 1. The Labute approximate surface area is 187 Å². The summed E-state index contributed by atoms with van der Waals surface area (Å²) in [5.41, 5.74) is 8.11. The average molecular weight is 443 g/mol. The van der Waals surface area contributed by atoms with Crippen LogP contribution in [0.15, 0.2) is 42.6 Å². The predicted octanol–water partition coefficient (Wildman–Crippen LogP) is 2.85. The topological polar surface area (TPSA) is 140 Å². The normalized spacial score (nSPS) is 10.7. The molecule has 4 aromatic rings. The van der Waals surface area contributed by atoms with Crippen LogP contribution in [0.4, 0.5) is 10.1 Å². The van der Waals surface area contributed by atoms with E-state index in [1.165, 1.54) is 18.2 Å². The maximum atomic E-state index is 13.7. The summed E-state index contributed by atoms with van der Waals surface area (Å²) in [7, 11) is 0. The first-order valence-corrected chi connectivity index (χ1v) is 9.88. The zero-order chi connectivity index (χ0) is 23.7. The fourth-order valence-corrected chi connectivity index (χ4v) is 3.54. The van der Waals surface area contributed by atoms with Crippen molar-refractivity contribution in [3.8, 4) is 6.07 Å². The van der Waals surface area contributed by atoms with Gasteiger partial charge in [0, 0.05) is 17.6 Å². The van der Waals surface area contributed by atoms with E-state index >= 15 is 0 Å². The highest BCUT2D eigenvalue weighted by molar-refractivity contribution is 6.14. The third-order valence-corrected chi connectivity index (χ3v) is 5.20. The Hall–Kier alpha value is -4.65. The molecule has 3 N–H and O–H groups in total. The number of pyridine rings is 2. The fourth-order valence-electron chi connectivity index (χ4n) is 3.54. The average Bonchev–Trinajstić information content (AvgIpc) is 3.05. The first-order valence-electron chi connectivity index (χ1n) is 9.88. The number of nitrogens with zero attached hydrogens (tertiary/aromatic N) is 5. The van der Waals surface area contributed by atoms with Crippen molar-refractivity contribution in [3.05, 3.63) is 82.3 Å². The lowest BCUT2D eigenvalue weighted by molar-refractivity contribution is 0.0996. The summed E-state index contributed by atoms with van der Waals surface area (Å²) < 4.78 is 15.3. The lowest BCUT2D eigenvalue weighted by Crippen LogP contribution is -2.18. The molecule has 10 heteroatoms. The van der Waals surface area contributed by atoms with E-state index in [1.807, 2.05) is 0 Å². The van der Waals surface area contributed by atoms with E-state index in [1.54, 1.807) is 36.9 Å². The van der Waals surface area contributed by atoms with Crippen LogP contribution >= 0.6 is 0 Å². The Morgan fingerprint density at radius 1 is 1.24 bits per heavy atom. The van der Waals surface area contributed by atoms with Crippen LogP contribution in [-0.4, -0.2) is 31.6 Å². The Morgan fingerprint density at radius 3 is 2.76 bits per heavy atom. The van der Waals surface area contributed by atoms with E-state index in [9.17, 15) is 19.2 Å². The van der Waals surface area contributed by atoms with Gasteiger partial charge >= 0.3 is 0 Å². The molecule has 0 radical (unpaired) electrons. The van der Waals surface area contributed by atoms with Crippen molar-refractivity contribution in [1.82, 2.24) is 19.7 Å². The number of halogens is 1. The number of fused-ring (bicyclic) bond motifs is 1. The molecule has 33 heavy (non-hydrogen) atoms. The second kappa shape index (κ2) is 8.47. The van der Waals surface area contributed by atoms with Crippen LogP contribution in [0.1, 0.15) is 43.5 Å². The molecule has 0 unspecified atom stereocenters. The zero-order valence-corrected chi connectivity index (χ0v) is 17.8. The summed E-state index contributed by atoms with van der Waals surface area (Å²) in [4.78, 5) is 33.2. The molecular formula is C23H18FN7O2. The zero-order valence-electron chi connectivity index (χ0n) is 17.8. The number of benzene rings is 1. The van der Waals surface area contributed by atoms with Gasteiger partial charge in [-0.3, -0.25) is 19.3 Å².